The molecule has 31 heavy (non-hydrogen) atoms. The number of methoxy groups -OCH3 is 2. The molecule has 8 nitrogen and oxygen atoms in total. The van der Waals surface area contributed by atoms with E-state index in [-0.39, 0.29) is 23.9 Å². The molecule has 0 aliphatic rings. The fourth-order valence-electron chi connectivity index (χ4n) is 2.59. The Morgan fingerprint density at radius 1 is 1.10 bits per heavy atom. The van der Waals surface area contributed by atoms with E-state index in [0.717, 1.165) is 0 Å². The van der Waals surface area contributed by atoms with Crippen molar-refractivity contribution < 1.29 is 27.4 Å². The number of carbonyl (C=O) groups excluding carboxylic acids is 1. The molecule has 0 fully saturated rings. The van der Waals surface area contributed by atoms with Crippen molar-refractivity contribution in [1.82, 2.24) is 10.0 Å². The van der Waals surface area contributed by atoms with Crippen LogP contribution in [0.2, 0.25) is 5.02 Å². The van der Waals surface area contributed by atoms with Crippen LogP contribution < -0.4 is 24.2 Å². The van der Waals surface area contributed by atoms with Crippen LogP contribution in [0.4, 0.5) is 0 Å². The Balaban J connectivity index is 1.88. The maximum absolute atomic E-state index is 12.2. The standard InChI is InChI=1S/C21H25ClN2O6S/c1-4-30-19-14-15(13-18(22)21(19)29-3)5-10-20(25)23-11-12-24-31(26,27)17-8-6-16(28-2)7-9-17/h5-10,13-14,24H,4,11-12H2,1-3H3,(H,23,25)/b10-5+. The van der Waals surface area contributed by atoms with Gasteiger partial charge in [-0.3, -0.25) is 4.79 Å². The van der Waals surface area contributed by atoms with Crippen molar-refractivity contribution in [2.45, 2.75) is 11.8 Å². The largest absolute Gasteiger partial charge is 0.497 e. The molecule has 2 aromatic carbocycles. The molecule has 10 heteroatoms. The van der Waals surface area contributed by atoms with Crippen LogP contribution in [-0.2, 0) is 14.8 Å². The Bertz CT molecular complexity index is 1020. The number of sulfonamides is 1. The molecule has 0 aromatic heterocycles. The van der Waals surface area contributed by atoms with Gasteiger partial charge < -0.3 is 19.5 Å². The summed E-state index contributed by atoms with van der Waals surface area (Å²) in [6, 6.07) is 9.36. The van der Waals surface area contributed by atoms with Crippen molar-refractivity contribution in [3.05, 3.63) is 53.1 Å². The molecule has 0 spiro atoms. The van der Waals surface area contributed by atoms with E-state index in [1.807, 2.05) is 6.92 Å². The highest BCUT2D eigenvalue weighted by molar-refractivity contribution is 7.89. The van der Waals surface area contributed by atoms with Gasteiger partial charge in [0.2, 0.25) is 15.9 Å². The van der Waals surface area contributed by atoms with Gasteiger partial charge in [-0.1, -0.05) is 11.6 Å². The number of halogens is 1. The third-order valence-corrected chi connectivity index (χ3v) is 5.81. The fraction of sp³-hybridized carbons (Fsp3) is 0.286. The maximum Gasteiger partial charge on any atom is 0.244 e. The predicted molar refractivity (Wildman–Crippen MR) is 119 cm³/mol. The summed E-state index contributed by atoms with van der Waals surface area (Å²) in [7, 11) is -0.680. The van der Waals surface area contributed by atoms with Gasteiger partial charge in [0.05, 0.1) is 30.7 Å². The summed E-state index contributed by atoms with van der Waals surface area (Å²) in [5, 5.41) is 2.97. The quantitative estimate of drug-likeness (QED) is 0.388. The summed E-state index contributed by atoms with van der Waals surface area (Å²) in [5.74, 6) is 1.08. The fourth-order valence-corrected chi connectivity index (χ4v) is 3.91. The summed E-state index contributed by atoms with van der Waals surface area (Å²) in [5.41, 5.74) is 0.657. The van der Waals surface area contributed by atoms with Crippen molar-refractivity contribution in [3.63, 3.8) is 0 Å². The molecule has 0 aliphatic heterocycles. The molecule has 0 atom stereocenters. The van der Waals surface area contributed by atoms with Crippen molar-refractivity contribution >= 4 is 33.6 Å². The average Bonchev–Trinajstić information content (AvgIpc) is 2.75. The van der Waals surface area contributed by atoms with Crippen LogP contribution in [0, 0.1) is 0 Å². The van der Waals surface area contributed by atoms with E-state index in [0.29, 0.717) is 34.4 Å². The maximum atomic E-state index is 12.2. The minimum Gasteiger partial charge on any atom is -0.497 e. The van der Waals surface area contributed by atoms with Gasteiger partial charge in [-0.15, -0.1) is 0 Å². The lowest BCUT2D eigenvalue weighted by molar-refractivity contribution is -0.116. The highest BCUT2D eigenvalue weighted by Crippen LogP contribution is 2.36. The highest BCUT2D eigenvalue weighted by atomic mass is 35.5. The molecule has 0 heterocycles. The van der Waals surface area contributed by atoms with Crippen LogP contribution in [0.1, 0.15) is 12.5 Å². The number of hydrogen-bond donors (Lipinski definition) is 2. The molecule has 0 saturated heterocycles. The Morgan fingerprint density at radius 2 is 1.81 bits per heavy atom. The zero-order valence-corrected chi connectivity index (χ0v) is 19.0. The number of rotatable bonds is 11. The molecule has 0 radical (unpaired) electrons. The molecule has 0 bridgehead atoms. The number of carbonyl (C=O) groups is 1. The average molecular weight is 469 g/mol. The molecule has 1 amide bonds. The Morgan fingerprint density at radius 3 is 2.42 bits per heavy atom. The van der Waals surface area contributed by atoms with Crippen molar-refractivity contribution in [2.75, 3.05) is 33.9 Å². The number of benzene rings is 2. The van der Waals surface area contributed by atoms with Crippen molar-refractivity contribution in [1.29, 1.82) is 0 Å². The van der Waals surface area contributed by atoms with E-state index < -0.39 is 10.0 Å². The van der Waals surface area contributed by atoms with Gasteiger partial charge >= 0.3 is 0 Å². The minimum absolute atomic E-state index is 0.0385. The van der Waals surface area contributed by atoms with Crippen LogP contribution in [0.15, 0.2) is 47.4 Å². The zero-order valence-electron chi connectivity index (χ0n) is 17.5. The second-order valence-electron chi connectivity index (χ2n) is 6.16. The molecule has 0 aliphatic carbocycles. The lowest BCUT2D eigenvalue weighted by atomic mass is 10.2. The molecule has 0 saturated carbocycles. The first kappa shape index (κ1) is 24.5. The summed E-state index contributed by atoms with van der Waals surface area (Å²) in [6.45, 7) is 2.43. The number of hydrogen-bond acceptors (Lipinski definition) is 6. The second-order valence-corrected chi connectivity index (χ2v) is 8.34. The SMILES string of the molecule is CCOc1cc(/C=C/C(=O)NCCNS(=O)(=O)c2ccc(OC)cc2)cc(Cl)c1OC. The number of ether oxygens (including phenoxy) is 3. The number of nitrogens with one attached hydrogen (secondary N) is 2. The van der Waals surface area contributed by atoms with Gasteiger partial charge in [0.1, 0.15) is 5.75 Å². The van der Waals surface area contributed by atoms with Gasteiger partial charge in [0.25, 0.3) is 0 Å². The summed E-state index contributed by atoms with van der Waals surface area (Å²) >= 11 is 6.19. The second kappa shape index (κ2) is 11.6. The lowest BCUT2D eigenvalue weighted by Crippen LogP contribution is -2.34. The predicted octanol–water partition coefficient (Wildman–Crippen LogP) is 2.86. The lowest BCUT2D eigenvalue weighted by Gasteiger charge is -2.11. The van der Waals surface area contributed by atoms with E-state index in [4.69, 9.17) is 25.8 Å². The highest BCUT2D eigenvalue weighted by Gasteiger charge is 2.13. The molecule has 2 N–H and O–H groups in total. The molecule has 168 valence electrons. The minimum atomic E-state index is -3.68. The van der Waals surface area contributed by atoms with Crippen LogP contribution >= 0.6 is 11.6 Å². The van der Waals surface area contributed by atoms with E-state index in [9.17, 15) is 13.2 Å². The van der Waals surface area contributed by atoms with Gasteiger partial charge in [0, 0.05) is 19.2 Å². The normalized spacial score (nSPS) is 11.4. The first-order valence-electron chi connectivity index (χ1n) is 9.40. The molecular formula is C21H25ClN2O6S. The molecular weight excluding hydrogens is 444 g/mol. The smallest absolute Gasteiger partial charge is 0.244 e. The zero-order chi connectivity index (χ0) is 22.9. The summed E-state index contributed by atoms with van der Waals surface area (Å²) in [4.78, 5) is 12.1. The summed E-state index contributed by atoms with van der Waals surface area (Å²) in [6.07, 6.45) is 2.90. The Hall–Kier alpha value is -2.75. The van der Waals surface area contributed by atoms with E-state index in [1.54, 1.807) is 30.3 Å². The molecule has 2 aromatic rings. The van der Waals surface area contributed by atoms with Gasteiger partial charge in [0.15, 0.2) is 11.5 Å². The van der Waals surface area contributed by atoms with Crippen molar-refractivity contribution in [3.8, 4) is 17.2 Å². The molecule has 2 rings (SSSR count). The topological polar surface area (TPSA) is 103 Å². The monoisotopic (exact) mass is 468 g/mol. The third kappa shape index (κ3) is 7.16. The van der Waals surface area contributed by atoms with Crippen LogP contribution in [0.5, 0.6) is 17.2 Å². The summed E-state index contributed by atoms with van der Waals surface area (Å²) < 4.78 is 42.6. The van der Waals surface area contributed by atoms with Gasteiger partial charge in [-0.05, 0) is 55.0 Å². The van der Waals surface area contributed by atoms with E-state index in [1.165, 1.54) is 32.4 Å². The molecule has 0 unspecified atom stereocenters. The van der Waals surface area contributed by atoms with E-state index in [2.05, 4.69) is 10.0 Å². The van der Waals surface area contributed by atoms with Crippen LogP contribution in [-0.4, -0.2) is 48.2 Å². The number of amides is 1. The van der Waals surface area contributed by atoms with Crippen molar-refractivity contribution in [2.24, 2.45) is 0 Å². The van der Waals surface area contributed by atoms with E-state index >= 15 is 0 Å². The Kier molecular flexibility index (Phi) is 9.17. The first-order valence-corrected chi connectivity index (χ1v) is 11.3. The first-order chi connectivity index (χ1) is 14.8. The van der Waals surface area contributed by atoms with Crippen LogP contribution in [0.3, 0.4) is 0 Å². The third-order valence-electron chi connectivity index (χ3n) is 4.05. The van der Waals surface area contributed by atoms with Gasteiger partial charge in [-0.2, -0.15) is 0 Å². The van der Waals surface area contributed by atoms with Gasteiger partial charge in [-0.25, -0.2) is 13.1 Å². The van der Waals surface area contributed by atoms with Crippen LogP contribution in [0.25, 0.3) is 6.08 Å². The Labute approximate surface area is 187 Å².